The third-order valence-corrected chi connectivity index (χ3v) is 5.49. The molecule has 1 heterocycles. The van der Waals surface area contributed by atoms with Crippen molar-refractivity contribution < 1.29 is 19.1 Å². The number of carbonyl (C=O) groups is 2. The maximum Gasteiger partial charge on any atom is 0.282 e. The summed E-state index contributed by atoms with van der Waals surface area (Å²) in [5, 5.41) is 3.24. The fourth-order valence-corrected chi connectivity index (χ4v) is 3.95. The van der Waals surface area contributed by atoms with E-state index in [0.717, 1.165) is 16.8 Å². The quantitative estimate of drug-likeness (QED) is 0.515. The second kappa shape index (κ2) is 9.20. The highest BCUT2D eigenvalue weighted by atomic mass is 16.5. The Morgan fingerprint density at radius 1 is 0.909 bits per heavy atom. The highest BCUT2D eigenvalue weighted by Crippen LogP contribution is 2.38. The van der Waals surface area contributed by atoms with Crippen molar-refractivity contribution in [3.8, 4) is 11.5 Å². The average molecular weight is 443 g/mol. The third kappa shape index (κ3) is 4.20. The van der Waals surface area contributed by atoms with Gasteiger partial charge in [-0.1, -0.05) is 42.0 Å². The van der Waals surface area contributed by atoms with Crippen molar-refractivity contribution in [3.05, 3.63) is 89.1 Å². The first-order chi connectivity index (χ1) is 15.9. The van der Waals surface area contributed by atoms with Crippen molar-refractivity contribution in [3.63, 3.8) is 0 Å². The Bertz CT molecular complexity index is 1260. The molecule has 2 amide bonds. The van der Waals surface area contributed by atoms with Gasteiger partial charge in [-0.2, -0.15) is 0 Å². The van der Waals surface area contributed by atoms with E-state index in [2.05, 4.69) is 5.32 Å². The normalized spacial score (nSPS) is 13.5. The van der Waals surface area contributed by atoms with Gasteiger partial charge in [0.25, 0.3) is 11.8 Å². The zero-order valence-corrected chi connectivity index (χ0v) is 19.1. The Labute approximate surface area is 193 Å². The van der Waals surface area contributed by atoms with Crippen LogP contribution in [-0.4, -0.2) is 25.5 Å². The number of hydrogen-bond donors (Lipinski definition) is 1. The van der Waals surface area contributed by atoms with Gasteiger partial charge in [0.2, 0.25) is 0 Å². The Morgan fingerprint density at radius 2 is 1.70 bits per heavy atom. The monoisotopic (exact) mass is 442 g/mol. The van der Waals surface area contributed by atoms with Crippen LogP contribution in [0, 0.1) is 13.8 Å². The number of methoxy groups -OCH3 is 1. The molecule has 0 fully saturated rings. The van der Waals surface area contributed by atoms with Gasteiger partial charge in [0.15, 0.2) is 0 Å². The smallest absolute Gasteiger partial charge is 0.282 e. The predicted molar refractivity (Wildman–Crippen MR) is 130 cm³/mol. The molecule has 3 aromatic rings. The lowest BCUT2D eigenvalue weighted by Crippen LogP contribution is -2.32. The maximum absolute atomic E-state index is 13.7. The minimum atomic E-state index is -0.436. The molecule has 0 atom stereocenters. The summed E-state index contributed by atoms with van der Waals surface area (Å²) in [6, 6.07) is 20.1. The number of ether oxygens (including phenoxy) is 2. The van der Waals surface area contributed by atoms with Gasteiger partial charge in [-0.05, 0) is 50.6 Å². The van der Waals surface area contributed by atoms with E-state index >= 15 is 0 Å². The summed E-state index contributed by atoms with van der Waals surface area (Å²) in [5.74, 6) is 0.240. The van der Waals surface area contributed by atoms with Crippen LogP contribution in [0.3, 0.4) is 0 Å². The molecule has 0 aliphatic carbocycles. The van der Waals surface area contributed by atoms with Crippen molar-refractivity contribution in [2.45, 2.75) is 20.8 Å². The fourth-order valence-electron chi connectivity index (χ4n) is 3.95. The SMILES string of the molecule is CCOc1cccc(N2C(=O)C(Nc3ccc(C)cc3C)=C(c3ccccc3OC)C2=O)c1. The van der Waals surface area contributed by atoms with Gasteiger partial charge in [-0.3, -0.25) is 9.59 Å². The van der Waals surface area contributed by atoms with Crippen LogP contribution >= 0.6 is 0 Å². The van der Waals surface area contributed by atoms with Crippen LogP contribution in [0.25, 0.3) is 5.57 Å². The number of benzene rings is 3. The molecule has 0 spiro atoms. The topological polar surface area (TPSA) is 67.9 Å². The van der Waals surface area contributed by atoms with Crippen molar-refractivity contribution in [1.29, 1.82) is 0 Å². The number of aryl methyl sites for hydroxylation is 2. The molecule has 6 nitrogen and oxygen atoms in total. The summed E-state index contributed by atoms with van der Waals surface area (Å²) in [4.78, 5) is 28.5. The van der Waals surface area contributed by atoms with Gasteiger partial charge in [0.1, 0.15) is 17.2 Å². The lowest BCUT2D eigenvalue weighted by Gasteiger charge is -2.17. The van der Waals surface area contributed by atoms with E-state index in [1.54, 1.807) is 43.5 Å². The molecule has 0 saturated heterocycles. The van der Waals surface area contributed by atoms with Gasteiger partial charge in [-0.25, -0.2) is 4.90 Å². The van der Waals surface area contributed by atoms with E-state index in [9.17, 15) is 9.59 Å². The van der Waals surface area contributed by atoms with Gasteiger partial charge < -0.3 is 14.8 Å². The fraction of sp³-hybridized carbons (Fsp3) is 0.185. The molecule has 33 heavy (non-hydrogen) atoms. The molecule has 0 radical (unpaired) electrons. The molecule has 1 N–H and O–H groups in total. The summed E-state index contributed by atoms with van der Waals surface area (Å²) in [6.07, 6.45) is 0. The summed E-state index contributed by atoms with van der Waals surface area (Å²) in [7, 11) is 1.54. The summed E-state index contributed by atoms with van der Waals surface area (Å²) < 4.78 is 11.1. The first-order valence-corrected chi connectivity index (χ1v) is 10.8. The van der Waals surface area contributed by atoms with Crippen LogP contribution in [0.4, 0.5) is 11.4 Å². The van der Waals surface area contributed by atoms with Gasteiger partial charge in [-0.15, -0.1) is 0 Å². The number of anilines is 2. The number of imide groups is 1. The number of nitrogens with one attached hydrogen (secondary N) is 1. The minimum absolute atomic E-state index is 0.207. The zero-order chi connectivity index (χ0) is 23.5. The van der Waals surface area contributed by atoms with E-state index in [4.69, 9.17) is 9.47 Å². The molecule has 1 aliphatic heterocycles. The van der Waals surface area contributed by atoms with Crippen LogP contribution in [0.5, 0.6) is 11.5 Å². The molecule has 6 heteroatoms. The Hall–Kier alpha value is -4.06. The largest absolute Gasteiger partial charge is 0.496 e. The second-order valence-electron chi connectivity index (χ2n) is 7.77. The number of hydrogen-bond acceptors (Lipinski definition) is 5. The highest BCUT2D eigenvalue weighted by Gasteiger charge is 2.41. The van der Waals surface area contributed by atoms with Crippen LogP contribution in [0.15, 0.2) is 72.4 Å². The van der Waals surface area contributed by atoms with Crippen molar-refractivity contribution in [2.24, 2.45) is 0 Å². The van der Waals surface area contributed by atoms with E-state index in [-0.39, 0.29) is 11.3 Å². The number of nitrogens with zero attached hydrogens (tertiary/aromatic N) is 1. The summed E-state index contributed by atoms with van der Waals surface area (Å²) in [5.41, 5.74) is 4.31. The van der Waals surface area contributed by atoms with Gasteiger partial charge in [0, 0.05) is 17.3 Å². The number of amides is 2. The van der Waals surface area contributed by atoms with E-state index in [1.807, 2.05) is 51.1 Å². The zero-order valence-electron chi connectivity index (χ0n) is 19.1. The molecule has 1 aliphatic rings. The van der Waals surface area contributed by atoms with Crippen molar-refractivity contribution in [1.82, 2.24) is 0 Å². The van der Waals surface area contributed by atoms with Crippen LogP contribution in [0.1, 0.15) is 23.6 Å². The predicted octanol–water partition coefficient (Wildman–Crippen LogP) is 5.11. The Kier molecular flexibility index (Phi) is 6.18. The van der Waals surface area contributed by atoms with Crippen LogP contribution in [0.2, 0.25) is 0 Å². The van der Waals surface area contributed by atoms with E-state index in [0.29, 0.717) is 29.4 Å². The highest BCUT2D eigenvalue weighted by molar-refractivity contribution is 6.46. The number of rotatable bonds is 7. The lowest BCUT2D eigenvalue weighted by atomic mass is 10.0. The Balaban J connectivity index is 1.85. The molecule has 3 aromatic carbocycles. The lowest BCUT2D eigenvalue weighted by molar-refractivity contribution is -0.120. The molecule has 0 unspecified atom stereocenters. The number of para-hydroxylation sites is 1. The molecule has 0 bridgehead atoms. The van der Waals surface area contributed by atoms with Gasteiger partial charge in [0.05, 0.1) is 25.0 Å². The maximum atomic E-state index is 13.7. The molecular weight excluding hydrogens is 416 g/mol. The average Bonchev–Trinajstić information content (AvgIpc) is 3.05. The molecule has 0 aromatic heterocycles. The minimum Gasteiger partial charge on any atom is -0.496 e. The molecular formula is C27H26N2O4. The summed E-state index contributed by atoms with van der Waals surface area (Å²) in [6.45, 7) is 6.33. The van der Waals surface area contributed by atoms with Crippen molar-refractivity contribution >= 4 is 28.8 Å². The molecule has 0 saturated carbocycles. The molecule has 4 rings (SSSR count). The van der Waals surface area contributed by atoms with Gasteiger partial charge >= 0.3 is 0 Å². The molecule has 168 valence electrons. The van der Waals surface area contributed by atoms with E-state index in [1.165, 1.54) is 4.90 Å². The van der Waals surface area contributed by atoms with Crippen molar-refractivity contribution in [2.75, 3.05) is 23.9 Å². The second-order valence-corrected chi connectivity index (χ2v) is 7.77. The number of carbonyl (C=O) groups excluding carboxylic acids is 2. The first kappa shape index (κ1) is 22.1. The first-order valence-electron chi connectivity index (χ1n) is 10.8. The van der Waals surface area contributed by atoms with Crippen LogP contribution < -0.4 is 19.7 Å². The van der Waals surface area contributed by atoms with Crippen LogP contribution in [-0.2, 0) is 9.59 Å². The Morgan fingerprint density at radius 3 is 2.42 bits per heavy atom. The standard InChI is InChI=1S/C27H26N2O4/c1-5-33-20-10-8-9-19(16-20)29-26(30)24(21-11-6-7-12-23(21)32-4)25(27(29)31)28-22-14-13-17(2)15-18(22)3/h6-16,28H,5H2,1-4H3. The summed E-state index contributed by atoms with van der Waals surface area (Å²) >= 11 is 0. The third-order valence-electron chi connectivity index (χ3n) is 5.49. The van der Waals surface area contributed by atoms with E-state index < -0.39 is 11.8 Å².